The molecular weight excluding hydrogens is 365 g/mol. The van der Waals surface area contributed by atoms with Crippen LogP contribution >= 0.6 is 34.5 Å². The number of nitrogens with zero attached hydrogens (tertiary/aromatic N) is 2. The van der Waals surface area contributed by atoms with Gasteiger partial charge in [0.1, 0.15) is 11.6 Å². The molecule has 118 valence electrons. The molecule has 0 aliphatic carbocycles. The van der Waals surface area contributed by atoms with Gasteiger partial charge >= 0.3 is 0 Å². The van der Waals surface area contributed by atoms with Crippen molar-refractivity contribution >= 4 is 40.3 Å². The highest BCUT2D eigenvalue weighted by Gasteiger charge is 2.35. The van der Waals surface area contributed by atoms with Crippen molar-refractivity contribution in [2.45, 2.75) is 5.92 Å². The monoisotopic (exact) mass is 373 g/mol. The van der Waals surface area contributed by atoms with Crippen LogP contribution in [0.3, 0.4) is 0 Å². The predicted molar refractivity (Wildman–Crippen MR) is 94.0 cm³/mol. The summed E-state index contributed by atoms with van der Waals surface area (Å²) in [6.45, 7) is 0. The Morgan fingerprint density at radius 1 is 1.12 bits per heavy atom. The third kappa shape index (κ3) is 2.74. The Labute approximate surface area is 152 Å². The zero-order valence-electron chi connectivity index (χ0n) is 12.1. The van der Waals surface area contributed by atoms with E-state index in [0.29, 0.717) is 21.4 Å². The van der Waals surface area contributed by atoms with E-state index in [1.54, 1.807) is 18.2 Å². The molecule has 0 fully saturated rings. The number of nitriles is 2. The molecule has 4 nitrogen and oxygen atoms in total. The summed E-state index contributed by atoms with van der Waals surface area (Å²) in [5, 5.41) is 21.9. The number of hydrogen-bond donors (Lipinski definition) is 1. The lowest BCUT2D eigenvalue weighted by Crippen LogP contribution is -2.20. The Bertz CT molecular complexity index is 949. The van der Waals surface area contributed by atoms with E-state index in [1.165, 1.54) is 11.3 Å². The van der Waals surface area contributed by atoms with E-state index in [4.69, 9.17) is 33.7 Å². The van der Waals surface area contributed by atoms with E-state index in [0.717, 1.165) is 4.88 Å². The molecule has 0 saturated carbocycles. The Kier molecular flexibility index (Phi) is 4.51. The fourth-order valence-corrected chi connectivity index (χ4v) is 3.75. The van der Waals surface area contributed by atoms with Crippen molar-refractivity contribution in [2.75, 3.05) is 0 Å². The van der Waals surface area contributed by atoms with Crippen LogP contribution in [0.2, 0.25) is 10.0 Å². The molecule has 0 radical (unpaired) electrons. The van der Waals surface area contributed by atoms with Gasteiger partial charge in [0, 0.05) is 10.0 Å². The summed E-state index contributed by atoms with van der Waals surface area (Å²) in [4.78, 5) is 0.751. The fraction of sp³-hybridized carbons (Fsp3) is 0.0588. The molecular formula is C17H9Cl2N3OS. The molecule has 1 aromatic carbocycles. The van der Waals surface area contributed by atoms with Crippen LogP contribution in [0.1, 0.15) is 16.4 Å². The first kappa shape index (κ1) is 16.4. The zero-order valence-corrected chi connectivity index (χ0v) is 14.4. The normalized spacial score (nSPS) is 17.2. The summed E-state index contributed by atoms with van der Waals surface area (Å²) >= 11 is 13.7. The molecule has 24 heavy (non-hydrogen) atoms. The Morgan fingerprint density at radius 3 is 2.46 bits per heavy atom. The minimum Gasteiger partial charge on any atom is -0.438 e. The second-order valence-corrected chi connectivity index (χ2v) is 6.71. The maximum Gasteiger partial charge on any atom is 0.205 e. The third-order valence-electron chi connectivity index (χ3n) is 3.56. The highest BCUT2D eigenvalue weighted by molar-refractivity contribution is 7.11. The van der Waals surface area contributed by atoms with E-state index in [9.17, 15) is 10.5 Å². The van der Waals surface area contributed by atoms with Gasteiger partial charge in [0.15, 0.2) is 5.76 Å². The summed E-state index contributed by atoms with van der Waals surface area (Å²) in [5.74, 6) is -0.383. The van der Waals surface area contributed by atoms with Crippen molar-refractivity contribution < 1.29 is 4.74 Å². The van der Waals surface area contributed by atoms with E-state index >= 15 is 0 Å². The minimum atomic E-state index is -0.699. The van der Waals surface area contributed by atoms with Crippen LogP contribution in [0.5, 0.6) is 0 Å². The number of benzene rings is 1. The molecule has 1 unspecified atom stereocenters. The first-order chi connectivity index (χ1) is 11.6. The van der Waals surface area contributed by atoms with Crippen LogP contribution in [0, 0.1) is 22.7 Å². The van der Waals surface area contributed by atoms with Gasteiger partial charge in [-0.2, -0.15) is 10.5 Å². The molecule has 2 N–H and O–H groups in total. The number of ether oxygens (including phenoxy) is 1. The molecule has 1 atom stereocenters. The molecule has 1 aliphatic heterocycles. The largest absolute Gasteiger partial charge is 0.438 e. The van der Waals surface area contributed by atoms with Crippen molar-refractivity contribution in [3.63, 3.8) is 0 Å². The van der Waals surface area contributed by atoms with Crippen LogP contribution < -0.4 is 5.73 Å². The smallest absolute Gasteiger partial charge is 0.205 e. The molecule has 0 amide bonds. The highest BCUT2D eigenvalue weighted by atomic mass is 35.5. The molecule has 1 aromatic heterocycles. The van der Waals surface area contributed by atoms with Crippen molar-refractivity contribution in [3.05, 3.63) is 73.2 Å². The molecule has 2 heterocycles. The number of allylic oxidation sites excluding steroid dienone is 2. The van der Waals surface area contributed by atoms with Crippen molar-refractivity contribution in [1.82, 2.24) is 0 Å². The second kappa shape index (κ2) is 6.59. The summed E-state index contributed by atoms with van der Waals surface area (Å²) in [5.41, 5.74) is 6.95. The minimum absolute atomic E-state index is 0.0316. The van der Waals surface area contributed by atoms with E-state index in [1.807, 2.05) is 23.6 Å². The van der Waals surface area contributed by atoms with Crippen molar-refractivity contribution in [3.8, 4) is 12.1 Å². The van der Waals surface area contributed by atoms with Gasteiger partial charge in [-0.25, -0.2) is 0 Å². The van der Waals surface area contributed by atoms with Gasteiger partial charge in [-0.15, -0.1) is 11.3 Å². The summed E-state index contributed by atoms with van der Waals surface area (Å²) in [6.07, 6.45) is 0. The van der Waals surface area contributed by atoms with Crippen LogP contribution in [-0.4, -0.2) is 0 Å². The quantitative estimate of drug-likeness (QED) is 0.819. The SMILES string of the molecule is N#CC1=C(N)OC(c2cccs2)=C(C#N)C1c1ccc(Cl)cc1Cl. The summed E-state index contributed by atoms with van der Waals surface area (Å²) in [6, 6.07) is 12.8. The summed E-state index contributed by atoms with van der Waals surface area (Å²) < 4.78 is 5.59. The van der Waals surface area contributed by atoms with Gasteiger partial charge in [-0.3, -0.25) is 0 Å². The standard InChI is InChI=1S/C17H9Cl2N3OS/c18-9-3-4-10(13(19)6-9)15-11(7-20)16(14-2-1-5-24-14)23-17(22)12(15)8-21/h1-6,15H,22H2. The lowest BCUT2D eigenvalue weighted by Gasteiger charge is -2.26. The number of thiophene rings is 1. The van der Waals surface area contributed by atoms with Gasteiger partial charge in [0.25, 0.3) is 0 Å². The predicted octanol–water partition coefficient (Wildman–Crippen LogP) is 4.80. The lowest BCUT2D eigenvalue weighted by atomic mass is 9.83. The van der Waals surface area contributed by atoms with E-state index in [-0.39, 0.29) is 17.0 Å². The van der Waals surface area contributed by atoms with Crippen LogP contribution in [-0.2, 0) is 4.74 Å². The number of nitrogens with two attached hydrogens (primary N) is 1. The van der Waals surface area contributed by atoms with Crippen molar-refractivity contribution in [1.29, 1.82) is 10.5 Å². The lowest BCUT2D eigenvalue weighted by molar-refractivity contribution is 0.358. The number of rotatable bonds is 2. The van der Waals surface area contributed by atoms with Crippen LogP contribution in [0.4, 0.5) is 0 Å². The molecule has 0 saturated heterocycles. The Hall–Kier alpha value is -2.44. The molecule has 0 bridgehead atoms. The maximum absolute atomic E-state index is 9.71. The molecule has 7 heteroatoms. The topological polar surface area (TPSA) is 82.8 Å². The van der Waals surface area contributed by atoms with Crippen LogP contribution in [0.15, 0.2) is 52.7 Å². The van der Waals surface area contributed by atoms with Crippen molar-refractivity contribution in [2.24, 2.45) is 5.73 Å². The third-order valence-corrected chi connectivity index (χ3v) is 4.99. The van der Waals surface area contributed by atoms with Gasteiger partial charge in [0.05, 0.1) is 22.4 Å². The zero-order chi connectivity index (χ0) is 17.3. The second-order valence-electron chi connectivity index (χ2n) is 4.92. The number of hydrogen-bond acceptors (Lipinski definition) is 5. The van der Waals surface area contributed by atoms with Gasteiger partial charge in [-0.05, 0) is 29.1 Å². The average Bonchev–Trinajstić information content (AvgIpc) is 3.08. The van der Waals surface area contributed by atoms with E-state index in [2.05, 4.69) is 6.07 Å². The first-order valence-corrected chi connectivity index (χ1v) is 8.41. The van der Waals surface area contributed by atoms with Crippen LogP contribution in [0.25, 0.3) is 5.76 Å². The summed E-state index contributed by atoms with van der Waals surface area (Å²) in [7, 11) is 0. The maximum atomic E-state index is 9.71. The molecule has 0 spiro atoms. The number of halogens is 2. The van der Waals surface area contributed by atoms with Gasteiger partial charge in [-0.1, -0.05) is 35.3 Å². The van der Waals surface area contributed by atoms with E-state index < -0.39 is 5.92 Å². The molecule has 1 aliphatic rings. The fourth-order valence-electron chi connectivity index (χ4n) is 2.51. The molecule has 3 rings (SSSR count). The molecule has 2 aromatic rings. The first-order valence-electron chi connectivity index (χ1n) is 6.77. The Morgan fingerprint density at radius 2 is 1.88 bits per heavy atom. The highest BCUT2D eigenvalue weighted by Crippen LogP contribution is 2.44. The Balaban J connectivity index is 2.27. The average molecular weight is 374 g/mol. The van der Waals surface area contributed by atoms with Gasteiger partial charge in [0.2, 0.25) is 5.88 Å². The van der Waals surface area contributed by atoms with Gasteiger partial charge < -0.3 is 10.5 Å².